The van der Waals surface area contributed by atoms with Crippen LogP contribution in [0.5, 0.6) is 0 Å². The van der Waals surface area contributed by atoms with Crippen LogP contribution in [0.4, 0.5) is 0 Å². The average Bonchev–Trinajstić information content (AvgIpc) is 3.10. The van der Waals surface area contributed by atoms with E-state index in [1.165, 1.54) is 43.5 Å². The molecule has 0 fully saturated rings. The molecule has 0 amide bonds. The second kappa shape index (κ2) is 17.5. The summed E-state index contributed by atoms with van der Waals surface area (Å²) in [4.78, 5) is 53.5. The van der Waals surface area contributed by atoms with Crippen LogP contribution in [0.3, 0.4) is 0 Å². The van der Waals surface area contributed by atoms with Crippen LogP contribution in [0.25, 0.3) is 0 Å². The number of hydrogen-bond acceptors (Lipinski definition) is 11. The second-order valence-corrected chi connectivity index (χ2v) is 10.1. The first-order valence-electron chi connectivity index (χ1n) is 14.2. The molecule has 0 N–H and O–H groups in total. The highest BCUT2D eigenvalue weighted by molar-refractivity contribution is 7.75. The molecular weight excluding hydrogens is 612 g/mol. The maximum absolute atomic E-state index is 13.5. The fourth-order valence-electron chi connectivity index (χ4n) is 4.43. The van der Waals surface area contributed by atoms with Gasteiger partial charge in [-0.3, -0.25) is 0 Å². The molecular formula is C35H32O10S. The Morgan fingerprint density at radius 1 is 0.478 bits per heavy atom. The van der Waals surface area contributed by atoms with Crippen molar-refractivity contribution < 1.29 is 47.0 Å². The Labute approximate surface area is 271 Å². The molecule has 0 aliphatic rings. The van der Waals surface area contributed by atoms with Crippen molar-refractivity contribution in [2.24, 2.45) is 0 Å². The largest absolute Gasteiger partial charge is 0.452 e. The Morgan fingerprint density at radius 3 is 1.04 bits per heavy atom. The van der Waals surface area contributed by atoms with Crippen molar-refractivity contribution in [1.82, 2.24) is 0 Å². The number of esters is 4. The summed E-state index contributed by atoms with van der Waals surface area (Å²) in [5.41, 5.74) is 0.724. The number of ether oxygens (including phenoxy) is 5. The number of rotatable bonds is 15. The van der Waals surface area contributed by atoms with Crippen molar-refractivity contribution in [3.63, 3.8) is 0 Å². The molecule has 0 heterocycles. The molecule has 0 bridgehead atoms. The molecule has 46 heavy (non-hydrogen) atoms. The zero-order valence-electron chi connectivity index (χ0n) is 24.8. The van der Waals surface area contributed by atoms with Crippen molar-refractivity contribution in [2.75, 3.05) is 20.3 Å². The lowest BCUT2D eigenvalue weighted by Crippen LogP contribution is -2.54. The molecule has 0 saturated carbocycles. The summed E-state index contributed by atoms with van der Waals surface area (Å²) in [6.07, 6.45) is -5.95. The monoisotopic (exact) mass is 644 g/mol. The van der Waals surface area contributed by atoms with E-state index >= 15 is 0 Å². The van der Waals surface area contributed by atoms with Crippen LogP contribution >= 0.6 is 12.9 Å². The normalized spacial score (nSPS) is 13.3. The number of methoxy groups -OCH3 is 1. The van der Waals surface area contributed by atoms with Crippen LogP contribution in [0.2, 0.25) is 0 Å². The third-order valence-electron chi connectivity index (χ3n) is 6.67. The van der Waals surface area contributed by atoms with Gasteiger partial charge in [0, 0.05) is 7.11 Å². The van der Waals surface area contributed by atoms with Crippen LogP contribution in [-0.2, 0) is 27.9 Å². The molecule has 10 nitrogen and oxygen atoms in total. The Morgan fingerprint density at radius 2 is 0.761 bits per heavy atom. The molecule has 0 saturated heterocycles. The molecule has 0 aliphatic carbocycles. The number of carbonyl (C=O) groups is 4. The first-order valence-corrected chi connectivity index (χ1v) is 14.6. The maximum Gasteiger partial charge on any atom is 0.338 e. The van der Waals surface area contributed by atoms with E-state index in [1.807, 2.05) is 0 Å². The van der Waals surface area contributed by atoms with Gasteiger partial charge in [-0.15, -0.1) is 0 Å². The summed E-state index contributed by atoms with van der Waals surface area (Å²) < 4.78 is 34.0. The molecule has 0 unspecified atom stereocenters. The predicted octanol–water partition coefficient (Wildman–Crippen LogP) is 5.40. The van der Waals surface area contributed by atoms with Gasteiger partial charge in [-0.2, -0.15) is 0 Å². The molecule has 0 spiro atoms. The Hall–Kier alpha value is -4.97. The number of benzene rings is 4. The lowest BCUT2D eigenvalue weighted by Gasteiger charge is -2.35. The minimum Gasteiger partial charge on any atom is -0.452 e. The Kier molecular flexibility index (Phi) is 12.9. The van der Waals surface area contributed by atoms with E-state index in [2.05, 4.69) is 12.9 Å². The number of hydrogen-bond donors (Lipinski definition) is 1. The Balaban J connectivity index is 1.79. The summed E-state index contributed by atoms with van der Waals surface area (Å²) in [6, 6.07) is 32.3. The van der Waals surface area contributed by atoms with E-state index in [4.69, 9.17) is 27.9 Å². The van der Waals surface area contributed by atoms with Gasteiger partial charge >= 0.3 is 23.9 Å². The van der Waals surface area contributed by atoms with Gasteiger partial charge in [0.15, 0.2) is 24.4 Å². The maximum atomic E-state index is 13.5. The molecule has 4 aromatic carbocycles. The van der Waals surface area contributed by atoms with Gasteiger partial charge in [-0.25, -0.2) is 19.2 Å². The van der Waals surface area contributed by atoms with E-state index in [0.717, 1.165) is 0 Å². The van der Waals surface area contributed by atoms with Gasteiger partial charge in [0.25, 0.3) is 0 Å². The predicted molar refractivity (Wildman–Crippen MR) is 169 cm³/mol. The highest BCUT2D eigenvalue weighted by Gasteiger charge is 2.45. The fraction of sp³-hybridized carbons (Fsp3) is 0.200. The van der Waals surface area contributed by atoms with E-state index in [1.54, 1.807) is 84.9 Å². The summed E-state index contributed by atoms with van der Waals surface area (Å²) in [7, 11) is 1.36. The molecule has 4 atom stereocenters. The molecule has 4 aromatic rings. The van der Waals surface area contributed by atoms with Gasteiger partial charge in [0.1, 0.15) is 6.61 Å². The lowest BCUT2D eigenvalue weighted by atomic mass is 10.0. The van der Waals surface area contributed by atoms with Crippen LogP contribution in [0.15, 0.2) is 121 Å². The van der Waals surface area contributed by atoms with Crippen molar-refractivity contribution >= 4 is 36.8 Å². The van der Waals surface area contributed by atoms with Gasteiger partial charge in [0.05, 0.1) is 28.9 Å². The topological polar surface area (TPSA) is 124 Å². The van der Waals surface area contributed by atoms with Gasteiger partial charge in [0.2, 0.25) is 0 Å². The van der Waals surface area contributed by atoms with Crippen LogP contribution in [-0.4, -0.2) is 68.6 Å². The van der Waals surface area contributed by atoms with Crippen molar-refractivity contribution in [2.45, 2.75) is 24.4 Å². The minimum absolute atomic E-state index is 0.158. The van der Waals surface area contributed by atoms with E-state index in [-0.39, 0.29) is 28.9 Å². The fourth-order valence-corrected chi connectivity index (χ4v) is 4.58. The summed E-state index contributed by atoms with van der Waals surface area (Å²) in [6.45, 7) is -0.716. The van der Waals surface area contributed by atoms with Crippen molar-refractivity contribution in [1.29, 1.82) is 0 Å². The van der Waals surface area contributed by atoms with Crippen LogP contribution < -0.4 is 0 Å². The van der Waals surface area contributed by atoms with Crippen molar-refractivity contribution in [3.05, 3.63) is 144 Å². The summed E-state index contributed by atoms with van der Waals surface area (Å²) in [5, 5.41) is 0. The molecule has 0 aromatic heterocycles. The average molecular weight is 645 g/mol. The quantitative estimate of drug-likeness (QED) is 0.0779. The van der Waals surface area contributed by atoms with Crippen LogP contribution in [0, 0.1) is 0 Å². The Bertz CT molecular complexity index is 1430. The van der Waals surface area contributed by atoms with Crippen molar-refractivity contribution in [3.8, 4) is 0 Å². The van der Waals surface area contributed by atoms with Gasteiger partial charge in [-0.1, -0.05) is 72.8 Å². The molecule has 238 valence electrons. The lowest BCUT2D eigenvalue weighted by molar-refractivity contribution is -0.137. The third-order valence-corrected chi connectivity index (χ3v) is 6.82. The summed E-state index contributed by atoms with van der Waals surface area (Å²) in [5.74, 6) is -3.21. The number of thiol groups is 1. The van der Waals surface area contributed by atoms with Gasteiger partial charge < -0.3 is 27.9 Å². The first kappa shape index (κ1) is 33.9. The first-order chi connectivity index (χ1) is 22.4. The highest BCUT2D eigenvalue weighted by Crippen LogP contribution is 2.24. The minimum atomic E-state index is -1.59. The zero-order chi connectivity index (χ0) is 32.7. The second-order valence-electron chi connectivity index (χ2n) is 9.84. The molecule has 4 rings (SSSR count). The smallest absolute Gasteiger partial charge is 0.338 e. The van der Waals surface area contributed by atoms with E-state index in [9.17, 15) is 19.2 Å². The standard InChI is InChI=1S/C35H32O10S/c1-40-22-28(42-32(36)24-14-6-2-7-15-24)30(44-34(38)26-18-10-4-11-19-26)31(45-35(39)27-20-12-5-13-21-27)29(23-41-46)43-33(37)25-16-8-3-9-17-25/h2-21,28-31,46H,22-23H2,1H3/t28-,29-,30-,31-/m1/s1. The van der Waals surface area contributed by atoms with Crippen LogP contribution in [0.1, 0.15) is 41.4 Å². The molecule has 11 heteroatoms. The number of carbonyl (C=O) groups excluding carboxylic acids is 4. The molecule has 0 aliphatic heterocycles. The summed E-state index contributed by atoms with van der Waals surface area (Å²) >= 11 is 3.87. The third kappa shape index (κ3) is 9.51. The highest BCUT2D eigenvalue weighted by atomic mass is 32.1. The van der Waals surface area contributed by atoms with E-state index < -0.39 is 54.9 Å². The molecule has 0 radical (unpaired) electrons. The van der Waals surface area contributed by atoms with Gasteiger partial charge in [-0.05, 0) is 61.4 Å². The SMILES string of the molecule is COC[C@@H](OC(=O)c1ccccc1)[C@@H](OC(=O)c1ccccc1)[C@H](OC(=O)c1ccccc1)[C@@H](COS)OC(=O)c1ccccc1. The zero-order valence-corrected chi connectivity index (χ0v) is 25.7. The van der Waals surface area contributed by atoms with E-state index in [0.29, 0.717) is 0 Å².